The van der Waals surface area contributed by atoms with Gasteiger partial charge in [-0.2, -0.15) is 0 Å². The van der Waals surface area contributed by atoms with E-state index in [0.29, 0.717) is 16.5 Å². The molecule has 1 heterocycles. The third kappa shape index (κ3) is 4.88. The Hall–Kier alpha value is -1.57. The van der Waals surface area contributed by atoms with Gasteiger partial charge in [-0.05, 0) is 48.4 Å². The van der Waals surface area contributed by atoms with Crippen molar-refractivity contribution in [3.8, 4) is 0 Å². The van der Waals surface area contributed by atoms with Crippen LogP contribution in [-0.4, -0.2) is 20.5 Å². The van der Waals surface area contributed by atoms with Crippen LogP contribution in [0.4, 0.5) is 0 Å². The van der Waals surface area contributed by atoms with Crippen LogP contribution in [0.15, 0.2) is 58.1 Å². The molecular weight excluding hydrogens is 466 g/mol. The van der Waals surface area contributed by atoms with Crippen molar-refractivity contribution in [1.29, 1.82) is 0 Å². The van der Waals surface area contributed by atoms with E-state index in [1.54, 1.807) is 30.5 Å². The Balaban J connectivity index is 1.74. The van der Waals surface area contributed by atoms with Crippen LogP contribution in [-0.2, 0) is 14.8 Å². The molecule has 5 nitrogen and oxygen atoms in total. The summed E-state index contributed by atoms with van der Waals surface area (Å²) in [7, 11) is -4.17. The van der Waals surface area contributed by atoms with Gasteiger partial charge in [0.25, 0.3) is 15.9 Å². The van der Waals surface area contributed by atoms with Gasteiger partial charge in [-0.1, -0.05) is 52.5 Å². The van der Waals surface area contributed by atoms with Crippen molar-refractivity contribution < 1.29 is 13.2 Å². The monoisotopic (exact) mass is 476 g/mol. The summed E-state index contributed by atoms with van der Waals surface area (Å²) in [6.45, 7) is 0. The summed E-state index contributed by atoms with van der Waals surface area (Å²) in [6.07, 6.45) is 3.54. The number of benzene rings is 2. The number of allylic oxidation sites excluding steroid dienone is 1. The fourth-order valence-corrected chi connectivity index (χ4v) is 4.89. The van der Waals surface area contributed by atoms with E-state index < -0.39 is 15.9 Å². The lowest BCUT2D eigenvalue weighted by Crippen LogP contribution is -2.32. The molecule has 0 radical (unpaired) electrons. The fourth-order valence-electron chi connectivity index (χ4n) is 2.61. The maximum atomic E-state index is 12.4. The number of sulfonamides is 1. The Morgan fingerprint density at radius 2 is 1.68 bits per heavy atom. The van der Waals surface area contributed by atoms with Crippen molar-refractivity contribution in [3.05, 3.63) is 73.8 Å². The van der Waals surface area contributed by atoms with Gasteiger partial charge >= 0.3 is 0 Å². The van der Waals surface area contributed by atoms with Crippen LogP contribution < -0.4 is 4.72 Å². The van der Waals surface area contributed by atoms with E-state index in [1.165, 1.54) is 18.2 Å². The molecule has 0 bridgehead atoms. The van der Waals surface area contributed by atoms with Crippen LogP contribution in [0, 0.1) is 0 Å². The van der Waals surface area contributed by atoms with Crippen LogP contribution in [0.1, 0.15) is 17.9 Å². The number of hydrogen-bond donors (Lipinski definition) is 1. The van der Waals surface area contributed by atoms with Crippen LogP contribution in [0.2, 0.25) is 20.1 Å². The molecule has 0 aromatic heterocycles. The highest BCUT2D eigenvalue weighted by atomic mass is 35.5. The largest absolute Gasteiger partial charge is 0.283 e. The molecule has 2 aromatic carbocycles. The van der Waals surface area contributed by atoms with Gasteiger partial charge in [-0.3, -0.25) is 9.79 Å². The molecular formula is C18H12Cl4N2O3S. The molecule has 1 amide bonds. The summed E-state index contributed by atoms with van der Waals surface area (Å²) >= 11 is 23.7. The van der Waals surface area contributed by atoms with Crippen LogP contribution in [0.3, 0.4) is 0 Å². The average Bonchev–Trinajstić information content (AvgIpc) is 2.60. The summed E-state index contributed by atoms with van der Waals surface area (Å²) in [6, 6.07) is 9.00. The van der Waals surface area contributed by atoms with Gasteiger partial charge in [0.15, 0.2) is 0 Å². The smallest absolute Gasteiger partial charge is 0.266 e. The highest BCUT2D eigenvalue weighted by molar-refractivity contribution is 7.90. The zero-order valence-corrected chi connectivity index (χ0v) is 17.8. The quantitative estimate of drug-likeness (QED) is 0.653. The predicted molar refractivity (Wildman–Crippen MR) is 112 cm³/mol. The number of amides is 1. The van der Waals surface area contributed by atoms with Crippen LogP contribution in [0.5, 0.6) is 0 Å². The molecule has 28 heavy (non-hydrogen) atoms. The number of nitrogens with zero attached hydrogens (tertiary/aromatic N) is 1. The first-order chi connectivity index (χ1) is 13.2. The van der Waals surface area contributed by atoms with Gasteiger partial charge in [-0.25, -0.2) is 13.1 Å². The third-order valence-electron chi connectivity index (χ3n) is 3.91. The van der Waals surface area contributed by atoms with Crippen molar-refractivity contribution in [2.24, 2.45) is 4.99 Å². The van der Waals surface area contributed by atoms with Crippen LogP contribution >= 0.6 is 46.4 Å². The Morgan fingerprint density at radius 3 is 2.25 bits per heavy atom. The molecule has 1 aliphatic rings. The Bertz CT molecular complexity index is 1090. The van der Waals surface area contributed by atoms with Gasteiger partial charge in [0.1, 0.15) is 10.6 Å². The summed E-state index contributed by atoms with van der Waals surface area (Å²) in [5.41, 5.74) is 0.829. The lowest BCUT2D eigenvalue weighted by Gasteiger charge is -2.16. The number of halogens is 4. The molecule has 0 saturated carbocycles. The van der Waals surface area contributed by atoms with Gasteiger partial charge in [0.2, 0.25) is 0 Å². The van der Waals surface area contributed by atoms with E-state index in [0.717, 1.165) is 5.56 Å². The first-order valence-electron chi connectivity index (χ1n) is 7.88. The Morgan fingerprint density at radius 1 is 1.00 bits per heavy atom. The number of carbonyl (C=O) groups excluding carboxylic acids is 1. The van der Waals surface area contributed by atoms with Crippen molar-refractivity contribution in [2.45, 2.75) is 17.2 Å². The Labute approximate surface area is 182 Å². The molecule has 1 unspecified atom stereocenters. The third-order valence-corrected chi connectivity index (χ3v) is 6.40. The van der Waals surface area contributed by atoms with Crippen molar-refractivity contribution >= 4 is 68.5 Å². The van der Waals surface area contributed by atoms with Gasteiger partial charge < -0.3 is 0 Å². The first kappa shape index (κ1) is 21.1. The molecule has 1 atom stereocenters. The molecule has 3 rings (SSSR count). The second-order valence-corrected chi connectivity index (χ2v) is 9.29. The maximum Gasteiger partial charge on any atom is 0.283 e. The molecule has 10 heteroatoms. The zero-order chi connectivity index (χ0) is 20.5. The number of hydrogen-bond acceptors (Lipinski definition) is 4. The Kier molecular flexibility index (Phi) is 6.37. The van der Waals surface area contributed by atoms with Crippen molar-refractivity contribution in [1.82, 2.24) is 4.72 Å². The van der Waals surface area contributed by atoms with Gasteiger partial charge in [0, 0.05) is 27.2 Å². The number of aliphatic imine (C=N–C) groups is 1. The minimum atomic E-state index is -4.17. The standard InChI is InChI=1S/C18H12Cl4N2O3S/c19-12-2-4-17(15(22)8-12)28(26,27)24-18(25)16-3-1-10(9-23-16)11-5-13(20)7-14(21)6-11/h2-10H,1H2,(H,24,25). The van der Waals surface area contributed by atoms with E-state index in [-0.39, 0.29) is 26.6 Å². The average molecular weight is 478 g/mol. The number of carbonyl (C=O) groups is 1. The van der Waals surface area contributed by atoms with Gasteiger partial charge in [-0.15, -0.1) is 0 Å². The highest BCUT2D eigenvalue weighted by Crippen LogP contribution is 2.29. The zero-order valence-electron chi connectivity index (χ0n) is 14.0. The summed E-state index contributed by atoms with van der Waals surface area (Å²) in [5.74, 6) is -0.986. The molecule has 146 valence electrons. The fraction of sp³-hybridized carbons (Fsp3) is 0.111. The van der Waals surface area contributed by atoms with E-state index in [2.05, 4.69) is 4.99 Å². The van der Waals surface area contributed by atoms with Crippen molar-refractivity contribution in [2.75, 3.05) is 0 Å². The lowest BCUT2D eigenvalue weighted by molar-refractivity contribution is -0.115. The maximum absolute atomic E-state index is 12.4. The lowest BCUT2D eigenvalue weighted by atomic mass is 9.95. The first-order valence-corrected chi connectivity index (χ1v) is 10.9. The molecule has 0 aliphatic carbocycles. The predicted octanol–water partition coefficient (Wildman–Crippen LogP) is 5.25. The summed E-state index contributed by atoms with van der Waals surface area (Å²) in [4.78, 5) is 16.2. The molecule has 2 aromatic rings. The normalized spacial score (nSPS) is 16.6. The van der Waals surface area contributed by atoms with Crippen LogP contribution in [0.25, 0.3) is 0 Å². The van der Waals surface area contributed by atoms with E-state index in [9.17, 15) is 13.2 Å². The molecule has 1 N–H and O–H groups in total. The second-order valence-electron chi connectivity index (χ2n) is 5.92. The summed E-state index contributed by atoms with van der Waals surface area (Å²) in [5, 5.41) is 1.18. The van der Waals surface area contributed by atoms with Gasteiger partial charge in [0.05, 0.1) is 5.02 Å². The van der Waals surface area contributed by atoms with E-state index >= 15 is 0 Å². The minimum absolute atomic E-state index is 0.0157. The molecule has 0 fully saturated rings. The molecule has 0 saturated heterocycles. The van der Waals surface area contributed by atoms with Crippen molar-refractivity contribution in [3.63, 3.8) is 0 Å². The number of nitrogens with one attached hydrogen (secondary N) is 1. The van der Waals surface area contributed by atoms with E-state index in [1.807, 2.05) is 4.72 Å². The molecule has 0 spiro atoms. The SMILES string of the molecule is O=C(NS(=O)(=O)c1ccc(Cl)cc1Cl)C1=CCC(c2cc(Cl)cc(Cl)c2)C=N1. The number of rotatable bonds is 4. The van der Waals surface area contributed by atoms with E-state index in [4.69, 9.17) is 46.4 Å². The molecule has 1 aliphatic heterocycles. The summed E-state index contributed by atoms with van der Waals surface area (Å²) < 4.78 is 26.8. The topological polar surface area (TPSA) is 75.6 Å². The minimum Gasteiger partial charge on any atom is -0.266 e. The highest BCUT2D eigenvalue weighted by Gasteiger charge is 2.24. The second kappa shape index (κ2) is 8.43.